The summed E-state index contributed by atoms with van der Waals surface area (Å²) in [5, 5.41) is 10.8. The van der Waals surface area contributed by atoms with E-state index in [0.717, 1.165) is 6.07 Å². The molecule has 1 fully saturated rings. The van der Waals surface area contributed by atoms with E-state index in [2.05, 4.69) is 0 Å². The van der Waals surface area contributed by atoms with Crippen molar-refractivity contribution in [3.05, 3.63) is 33.9 Å². The van der Waals surface area contributed by atoms with Gasteiger partial charge in [-0.3, -0.25) is 10.1 Å². The number of benzene rings is 1. The van der Waals surface area contributed by atoms with Crippen molar-refractivity contribution in [3.63, 3.8) is 0 Å². The van der Waals surface area contributed by atoms with Crippen LogP contribution in [0.1, 0.15) is 12.0 Å². The molecule has 1 aliphatic rings. The maximum absolute atomic E-state index is 13.2. The Balaban J connectivity index is 2.55. The molecule has 7 heteroatoms. The summed E-state index contributed by atoms with van der Waals surface area (Å²) in [6.45, 7) is 0. The molecule has 92 valence electrons. The van der Waals surface area contributed by atoms with Crippen LogP contribution in [-0.2, 0) is 5.54 Å². The van der Waals surface area contributed by atoms with Gasteiger partial charge in [0.25, 0.3) is 11.6 Å². The van der Waals surface area contributed by atoms with Crippen molar-refractivity contribution in [3.8, 4) is 5.75 Å². The van der Waals surface area contributed by atoms with E-state index in [1.54, 1.807) is 0 Å². The molecule has 0 bridgehead atoms. The minimum Gasteiger partial charge on any atom is -0.497 e. The van der Waals surface area contributed by atoms with Gasteiger partial charge in [-0.2, -0.15) is 0 Å². The Labute approximate surface area is 95.3 Å². The molecule has 0 aliphatic heterocycles. The van der Waals surface area contributed by atoms with Gasteiger partial charge in [0.2, 0.25) is 0 Å². The lowest BCUT2D eigenvalue weighted by atomic mass is 10.0. The van der Waals surface area contributed by atoms with Crippen LogP contribution in [0.2, 0.25) is 0 Å². The summed E-state index contributed by atoms with van der Waals surface area (Å²) in [7, 11) is 1.35. The van der Waals surface area contributed by atoms with E-state index in [-0.39, 0.29) is 11.3 Å². The molecular formula is C10H10F2N2O3. The molecule has 17 heavy (non-hydrogen) atoms. The Hall–Kier alpha value is -1.76. The van der Waals surface area contributed by atoms with E-state index < -0.39 is 28.5 Å². The fraction of sp³-hybridized carbons (Fsp3) is 0.400. The molecule has 1 aromatic carbocycles. The van der Waals surface area contributed by atoms with Crippen molar-refractivity contribution in [2.45, 2.75) is 17.9 Å². The first-order valence-electron chi connectivity index (χ1n) is 4.81. The van der Waals surface area contributed by atoms with Crippen LogP contribution in [0.5, 0.6) is 5.75 Å². The normalized spacial score (nSPS) is 25.4. The van der Waals surface area contributed by atoms with E-state index in [4.69, 9.17) is 10.5 Å². The molecule has 0 spiro atoms. The Morgan fingerprint density at radius 3 is 2.53 bits per heavy atom. The van der Waals surface area contributed by atoms with Gasteiger partial charge in [-0.15, -0.1) is 0 Å². The molecule has 2 rings (SSSR count). The van der Waals surface area contributed by atoms with E-state index in [1.165, 1.54) is 19.2 Å². The molecule has 0 aromatic heterocycles. The fourth-order valence-electron chi connectivity index (χ4n) is 1.76. The van der Waals surface area contributed by atoms with Crippen LogP contribution in [0, 0.1) is 10.1 Å². The predicted octanol–water partition coefficient (Wildman–Crippen LogP) is 1.80. The number of methoxy groups -OCH3 is 1. The van der Waals surface area contributed by atoms with Crippen LogP contribution in [0.3, 0.4) is 0 Å². The van der Waals surface area contributed by atoms with Crippen molar-refractivity contribution in [2.75, 3.05) is 7.11 Å². The van der Waals surface area contributed by atoms with Crippen LogP contribution in [-0.4, -0.2) is 18.0 Å². The zero-order valence-electron chi connectivity index (χ0n) is 8.94. The van der Waals surface area contributed by atoms with Gasteiger partial charge in [-0.1, -0.05) is 0 Å². The van der Waals surface area contributed by atoms with Gasteiger partial charge in [0.15, 0.2) is 0 Å². The summed E-state index contributed by atoms with van der Waals surface area (Å²) < 4.78 is 31.2. The second-order valence-electron chi connectivity index (χ2n) is 3.99. The summed E-state index contributed by atoms with van der Waals surface area (Å²) >= 11 is 0. The lowest BCUT2D eigenvalue weighted by molar-refractivity contribution is -0.386. The average molecular weight is 244 g/mol. The SMILES string of the molecule is COc1ccc([N+](=O)[O-])c(C2(N)CC2(F)F)c1. The second kappa shape index (κ2) is 3.36. The van der Waals surface area contributed by atoms with Gasteiger partial charge in [-0.05, 0) is 12.1 Å². The Morgan fingerprint density at radius 1 is 1.53 bits per heavy atom. The summed E-state index contributed by atoms with van der Waals surface area (Å²) in [6.07, 6.45) is -0.589. The van der Waals surface area contributed by atoms with Gasteiger partial charge in [0.05, 0.1) is 17.6 Å². The third kappa shape index (κ3) is 1.62. The number of nitro groups is 1. The number of nitro benzene ring substituents is 1. The molecule has 1 aromatic rings. The molecule has 0 amide bonds. The number of ether oxygens (including phenoxy) is 1. The fourth-order valence-corrected chi connectivity index (χ4v) is 1.76. The Kier molecular flexibility index (Phi) is 2.32. The van der Waals surface area contributed by atoms with Crippen LogP contribution >= 0.6 is 0 Å². The standard InChI is InChI=1S/C10H10F2N2O3/c1-17-6-2-3-8(14(15)16)7(4-6)9(13)5-10(9,11)12/h2-4H,5,13H2,1H3. The quantitative estimate of drug-likeness (QED) is 0.649. The van der Waals surface area contributed by atoms with E-state index in [1.807, 2.05) is 0 Å². The van der Waals surface area contributed by atoms with Crippen LogP contribution < -0.4 is 10.5 Å². The highest BCUT2D eigenvalue weighted by Crippen LogP contribution is 2.59. The van der Waals surface area contributed by atoms with E-state index in [9.17, 15) is 18.9 Å². The first-order valence-corrected chi connectivity index (χ1v) is 4.81. The van der Waals surface area contributed by atoms with Gasteiger partial charge >= 0.3 is 0 Å². The number of nitrogens with two attached hydrogens (primary N) is 1. The van der Waals surface area contributed by atoms with Crippen molar-refractivity contribution in [2.24, 2.45) is 5.73 Å². The summed E-state index contributed by atoms with van der Waals surface area (Å²) in [4.78, 5) is 10.0. The minimum absolute atomic E-state index is 0.188. The predicted molar refractivity (Wildman–Crippen MR) is 55.1 cm³/mol. The smallest absolute Gasteiger partial charge is 0.274 e. The molecule has 0 saturated heterocycles. The summed E-state index contributed by atoms with van der Waals surface area (Å²) in [5.74, 6) is -2.84. The van der Waals surface area contributed by atoms with Crippen LogP contribution in [0.15, 0.2) is 18.2 Å². The number of hydrogen-bond donors (Lipinski definition) is 1. The zero-order valence-corrected chi connectivity index (χ0v) is 8.94. The third-order valence-corrected chi connectivity index (χ3v) is 2.91. The second-order valence-corrected chi connectivity index (χ2v) is 3.99. The first-order chi connectivity index (χ1) is 7.82. The third-order valence-electron chi connectivity index (χ3n) is 2.91. The zero-order chi connectivity index (χ0) is 12.8. The highest BCUT2D eigenvalue weighted by molar-refractivity contribution is 5.53. The summed E-state index contributed by atoms with van der Waals surface area (Å²) in [5.41, 5.74) is 2.94. The van der Waals surface area contributed by atoms with Crippen molar-refractivity contribution < 1.29 is 18.4 Å². The first kappa shape index (κ1) is 11.7. The molecule has 0 radical (unpaired) electrons. The lowest BCUT2D eigenvalue weighted by Gasteiger charge is -2.12. The molecule has 1 atom stereocenters. The van der Waals surface area contributed by atoms with Crippen molar-refractivity contribution >= 4 is 5.69 Å². The maximum atomic E-state index is 13.2. The number of halogens is 2. The van der Waals surface area contributed by atoms with Crippen LogP contribution in [0.4, 0.5) is 14.5 Å². The minimum atomic E-state index is -3.11. The highest BCUT2D eigenvalue weighted by Gasteiger charge is 2.71. The van der Waals surface area contributed by atoms with Crippen molar-refractivity contribution in [1.29, 1.82) is 0 Å². The molecular weight excluding hydrogens is 234 g/mol. The molecule has 1 aliphatic carbocycles. The molecule has 1 saturated carbocycles. The lowest BCUT2D eigenvalue weighted by Crippen LogP contribution is -2.28. The van der Waals surface area contributed by atoms with E-state index in [0.29, 0.717) is 0 Å². The number of alkyl halides is 2. The average Bonchev–Trinajstić information content (AvgIpc) is 2.78. The van der Waals surface area contributed by atoms with E-state index >= 15 is 0 Å². The molecule has 2 N–H and O–H groups in total. The number of nitrogens with zero attached hydrogens (tertiary/aromatic N) is 1. The number of rotatable bonds is 3. The number of hydrogen-bond acceptors (Lipinski definition) is 4. The van der Waals surface area contributed by atoms with Gasteiger partial charge in [0.1, 0.15) is 11.3 Å². The van der Waals surface area contributed by atoms with Gasteiger partial charge in [-0.25, -0.2) is 8.78 Å². The monoisotopic (exact) mass is 244 g/mol. The largest absolute Gasteiger partial charge is 0.497 e. The molecule has 0 heterocycles. The highest BCUT2D eigenvalue weighted by atomic mass is 19.3. The topological polar surface area (TPSA) is 78.4 Å². The van der Waals surface area contributed by atoms with Gasteiger partial charge < -0.3 is 10.5 Å². The van der Waals surface area contributed by atoms with Gasteiger partial charge in [0, 0.05) is 12.5 Å². The maximum Gasteiger partial charge on any atom is 0.274 e. The van der Waals surface area contributed by atoms with Crippen LogP contribution in [0.25, 0.3) is 0 Å². The van der Waals surface area contributed by atoms with Crippen molar-refractivity contribution in [1.82, 2.24) is 0 Å². The summed E-state index contributed by atoms with van der Waals surface area (Å²) in [6, 6.07) is 3.65. The molecule has 1 unspecified atom stereocenters. The molecule has 5 nitrogen and oxygen atoms in total. The Bertz CT molecular complexity index is 492. The Morgan fingerprint density at radius 2 is 2.12 bits per heavy atom.